The van der Waals surface area contributed by atoms with Crippen molar-refractivity contribution in [2.24, 2.45) is 0 Å². The van der Waals surface area contributed by atoms with E-state index in [4.69, 9.17) is 9.84 Å². The first-order valence-corrected chi connectivity index (χ1v) is 4.98. The molecule has 1 saturated carbocycles. The van der Waals surface area contributed by atoms with Crippen LogP contribution < -0.4 is 4.74 Å². The molecule has 1 aliphatic carbocycles. The number of nitrogens with zero attached hydrogens (tertiary/aromatic N) is 2. The molecule has 0 atom stereocenters. The first kappa shape index (κ1) is 9.89. The Hall–Kier alpha value is -1.65. The predicted octanol–water partition coefficient (Wildman–Crippen LogP) is 1.50. The molecule has 5 nitrogen and oxygen atoms in total. The minimum atomic E-state index is -1.10. The fraction of sp³-hybridized carbons (Fsp3) is 0.500. The molecule has 1 aliphatic rings. The second kappa shape index (κ2) is 4.25. The van der Waals surface area contributed by atoms with Gasteiger partial charge in [0.15, 0.2) is 0 Å². The van der Waals surface area contributed by atoms with Gasteiger partial charge >= 0.3 is 5.97 Å². The summed E-state index contributed by atoms with van der Waals surface area (Å²) in [6.45, 7) is 0. The summed E-state index contributed by atoms with van der Waals surface area (Å²) in [7, 11) is 0. The van der Waals surface area contributed by atoms with Crippen LogP contribution in [0.1, 0.15) is 36.2 Å². The number of carboxylic acids is 1. The average Bonchev–Trinajstić information content (AvgIpc) is 2.71. The van der Waals surface area contributed by atoms with Crippen molar-refractivity contribution in [3.8, 4) is 5.88 Å². The predicted molar refractivity (Wildman–Crippen MR) is 51.9 cm³/mol. The zero-order valence-electron chi connectivity index (χ0n) is 8.22. The second-order valence-corrected chi connectivity index (χ2v) is 3.54. The van der Waals surface area contributed by atoms with Gasteiger partial charge in [0.2, 0.25) is 11.6 Å². The van der Waals surface area contributed by atoms with E-state index in [1.165, 1.54) is 12.4 Å². The molecule has 1 N–H and O–H groups in total. The summed E-state index contributed by atoms with van der Waals surface area (Å²) in [5, 5.41) is 8.86. The van der Waals surface area contributed by atoms with E-state index < -0.39 is 5.97 Å². The van der Waals surface area contributed by atoms with Gasteiger partial charge in [-0.2, -0.15) is 0 Å². The van der Waals surface area contributed by atoms with Crippen molar-refractivity contribution < 1.29 is 14.6 Å². The Bertz CT molecular complexity index is 361. The van der Waals surface area contributed by atoms with E-state index in [0.717, 1.165) is 25.7 Å². The SMILES string of the molecule is O=C(O)c1nccnc1OC1CCCC1. The largest absolute Gasteiger partial charge is 0.476 e. The molecule has 5 heteroatoms. The highest BCUT2D eigenvalue weighted by Gasteiger charge is 2.21. The molecular weight excluding hydrogens is 196 g/mol. The fourth-order valence-corrected chi connectivity index (χ4v) is 1.72. The summed E-state index contributed by atoms with van der Waals surface area (Å²) in [5.74, 6) is -0.965. The Balaban J connectivity index is 2.15. The van der Waals surface area contributed by atoms with Crippen molar-refractivity contribution in [3.63, 3.8) is 0 Å². The lowest BCUT2D eigenvalue weighted by atomic mass is 10.3. The molecule has 15 heavy (non-hydrogen) atoms. The molecular formula is C10H12N2O3. The maximum Gasteiger partial charge on any atom is 0.360 e. The molecule has 0 aliphatic heterocycles. The van der Waals surface area contributed by atoms with E-state index >= 15 is 0 Å². The maximum atomic E-state index is 10.8. The number of carbonyl (C=O) groups is 1. The molecule has 0 bridgehead atoms. The van der Waals surface area contributed by atoms with Gasteiger partial charge in [-0.15, -0.1) is 0 Å². The molecule has 1 fully saturated rings. The normalized spacial score (nSPS) is 16.5. The van der Waals surface area contributed by atoms with Crippen molar-refractivity contribution in [2.75, 3.05) is 0 Å². The Morgan fingerprint density at radius 3 is 2.67 bits per heavy atom. The van der Waals surface area contributed by atoms with Gasteiger partial charge < -0.3 is 9.84 Å². The number of aromatic carboxylic acids is 1. The lowest BCUT2D eigenvalue weighted by Gasteiger charge is -2.12. The first-order valence-electron chi connectivity index (χ1n) is 4.98. The van der Waals surface area contributed by atoms with Crippen LogP contribution in [0.4, 0.5) is 0 Å². The number of ether oxygens (including phenoxy) is 1. The van der Waals surface area contributed by atoms with Crippen LogP contribution in [0.3, 0.4) is 0 Å². The quantitative estimate of drug-likeness (QED) is 0.814. The Morgan fingerprint density at radius 1 is 1.33 bits per heavy atom. The number of carboxylic acid groups (broad SMARTS) is 1. The number of hydrogen-bond acceptors (Lipinski definition) is 4. The van der Waals surface area contributed by atoms with E-state index in [0.29, 0.717) is 0 Å². The molecule has 1 heterocycles. The lowest BCUT2D eigenvalue weighted by molar-refractivity contribution is 0.0680. The van der Waals surface area contributed by atoms with Crippen LogP contribution in [0, 0.1) is 0 Å². The van der Waals surface area contributed by atoms with E-state index in [1.54, 1.807) is 0 Å². The summed E-state index contributed by atoms with van der Waals surface area (Å²) in [5.41, 5.74) is -0.107. The van der Waals surface area contributed by atoms with Crippen LogP contribution >= 0.6 is 0 Å². The van der Waals surface area contributed by atoms with Crippen LogP contribution in [0.15, 0.2) is 12.4 Å². The molecule has 1 aromatic rings. The highest BCUT2D eigenvalue weighted by Crippen LogP contribution is 2.23. The van der Waals surface area contributed by atoms with Crippen LogP contribution in [0.5, 0.6) is 5.88 Å². The van der Waals surface area contributed by atoms with E-state index in [9.17, 15) is 4.79 Å². The molecule has 0 spiro atoms. The topological polar surface area (TPSA) is 72.3 Å². The number of rotatable bonds is 3. The van der Waals surface area contributed by atoms with Crippen molar-refractivity contribution in [2.45, 2.75) is 31.8 Å². The maximum absolute atomic E-state index is 10.8. The number of aromatic nitrogens is 2. The van der Waals surface area contributed by atoms with Crippen LogP contribution in [0.2, 0.25) is 0 Å². The van der Waals surface area contributed by atoms with E-state index in [-0.39, 0.29) is 17.7 Å². The van der Waals surface area contributed by atoms with Gasteiger partial charge in [-0.05, 0) is 25.7 Å². The van der Waals surface area contributed by atoms with Crippen molar-refractivity contribution in [1.29, 1.82) is 0 Å². The standard InChI is InChI=1S/C10H12N2O3/c13-10(14)8-9(12-6-5-11-8)15-7-3-1-2-4-7/h5-7H,1-4H2,(H,13,14). The molecule has 0 aromatic carbocycles. The van der Waals surface area contributed by atoms with Gasteiger partial charge in [-0.25, -0.2) is 14.8 Å². The van der Waals surface area contributed by atoms with Gasteiger partial charge in [-0.3, -0.25) is 0 Å². The summed E-state index contributed by atoms with van der Waals surface area (Å²) in [6.07, 6.45) is 7.09. The molecule has 2 rings (SSSR count). The Labute approximate surface area is 87.1 Å². The third-order valence-corrected chi connectivity index (χ3v) is 2.45. The minimum absolute atomic E-state index is 0.0970. The monoisotopic (exact) mass is 208 g/mol. The third-order valence-electron chi connectivity index (χ3n) is 2.45. The zero-order valence-corrected chi connectivity index (χ0v) is 8.22. The lowest BCUT2D eigenvalue weighted by Crippen LogP contribution is -2.15. The summed E-state index contributed by atoms with van der Waals surface area (Å²) in [4.78, 5) is 18.4. The smallest absolute Gasteiger partial charge is 0.360 e. The molecule has 0 unspecified atom stereocenters. The molecule has 0 saturated heterocycles. The third kappa shape index (κ3) is 2.23. The fourth-order valence-electron chi connectivity index (χ4n) is 1.72. The van der Waals surface area contributed by atoms with Crippen molar-refractivity contribution >= 4 is 5.97 Å². The molecule has 1 aromatic heterocycles. The van der Waals surface area contributed by atoms with Crippen molar-refractivity contribution in [3.05, 3.63) is 18.1 Å². The summed E-state index contributed by atoms with van der Waals surface area (Å²) < 4.78 is 5.51. The first-order chi connectivity index (χ1) is 7.27. The van der Waals surface area contributed by atoms with Gasteiger partial charge in [0.1, 0.15) is 6.10 Å². The summed E-state index contributed by atoms with van der Waals surface area (Å²) >= 11 is 0. The Kier molecular flexibility index (Phi) is 2.80. The second-order valence-electron chi connectivity index (χ2n) is 3.54. The van der Waals surface area contributed by atoms with Crippen LogP contribution in [-0.4, -0.2) is 27.1 Å². The molecule has 80 valence electrons. The Morgan fingerprint density at radius 2 is 2.00 bits per heavy atom. The van der Waals surface area contributed by atoms with Gasteiger partial charge in [-0.1, -0.05) is 0 Å². The zero-order chi connectivity index (χ0) is 10.7. The van der Waals surface area contributed by atoms with E-state index in [1.807, 2.05) is 0 Å². The van der Waals surface area contributed by atoms with Gasteiger partial charge in [0.25, 0.3) is 0 Å². The van der Waals surface area contributed by atoms with Crippen LogP contribution in [0.25, 0.3) is 0 Å². The highest BCUT2D eigenvalue weighted by molar-refractivity contribution is 5.87. The van der Waals surface area contributed by atoms with Crippen LogP contribution in [-0.2, 0) is 0 Å². The van der Waals surface area contributed by atoms with Crippen molar-refractivity contribution in [1.82, 2.24) is 9.97 Å². The van der Waals surface area contributed by atoms with Gasteiger partial charge in [0.05, 0.1) is 0 Å². The molecule has 0 amide bonds. The van der Waals surface area contributed by atoms with Gasteiger partial charge in [0, 0.05) is 12.4 Å². The average molecular weight is 208 g/mol. The van der Waals surface area contributed by atoms with E-state index in [2.05, 4.69) is 9.97 Å². The molecule has 0 radical (unpaired) electrons. The summed E-state index contributed by atoms with van der Waals surface area (Å²) in [6, 6.07) is 0. The number of hydrogen-bond donors (Lipinski definition) is 1. The minimum Gasteiger partial charge on any atom is -0.476 e. The highest BCUT2D eigenvalue weighted by atomic mass is 16.5.